The molecule has 1 amide bonds. The summed E-state index contributed by atoms with van der Waals surface area (Å²) in [7, 11) is 0. The van der Waals surface area contributed by atoms with Gasteiger partial charge in [-0.25, -0.2) is 4.79 Å². The van der Waals surface area contributed by atoms with E-state index < -0.39 is 17.8 Å². The number of alkyl halides is 3. The predicted octanol–water partition coefficient (Wildman–Crippen LogP) is 4.69. The van der Waals surface area contributed by atoms with Gasteiger partial charge in [0.05, 0.1) is 16.3 Å². The van der Waals surface area contributed by atoms with Crippen LogP contribution in [-0.4, -0.2) is 17.6 Å². The molecule has 4 nitrogen and oxygen atoms in total. The van der Waals surface area contributed by atoms with Crippen LogP contribution in [0.1, 0.15) is 16.8 Å². The Hall–Kier alpha value is -2.54. The molecule has 0 aliphatic rings. The molecule has 0 atom stereocenters. The average Bonchev–Trinajstić information content (AvgIpc) is 2.58. The van der Waals surface area contributed by atoms with E-state index in [1.54, 1.807) is 0 Å². The molecule has 25 heavy (non-hydrogen) atoms. The molecule has 132 valence electrons. The number of rotatable bonds is 5. The Kier molecular flexibility index (Phi) is 6.41. The van der Waals surface area contributed by atoms with Crippen molar-refractivity contribution in [2.45, 2.75) is 12.8 Å². The zero-order valence-electron chi connectivity index (χ0n) is 12.9. The molecule has 0 saturated heterocycles. The minimum Gasteiger partial charge on any atom is -0.445 e. The van der Waals surface area contributed by atoms with Crippen molar-refractivity contribution in [1.82, 2.24) is 10.3 Å². The molecule has 0 fully saturated rings. The number of benzene rings is 1. The number of nitrogens with one attached hydrogen (secondary N) is 1. The molecule has 8 heteroatoms. The summed E-state index contributed by atoms with van der Waals surface area (Å²) in [6.07, 6.45) is -1.48. The Morgan fingerprint density at radius 2 is 2.00 bits per heavy atom. The number of ether oxygens (including phenoxy) is 1. The Balaban J connectivity index is 1.80. The number of carbonyl (C=O) groups is 1. The van der Waals surface area contributed by atoms with Gasteiger partial charge in [0.25, 0.3) is 0 Å². The van der Waals surface area contributed by atoms with Crippen LogP contribution in [0, 0.1) is 0 Å². The number of halogens is 4. The number of nitrogens with zero attached hydrogens (tertiary/aromatic N) is 1. The van der Waals surface area contributed by atoms with Crippen LogP contribution in [0.4, 0.5) is 18.0 Å². The second kappa shape index (κ2) is 8.53. The van der Waals surface area contributed by atoms with Crippen molar-refractivity contribution >= 4 is 23.8 Å². The van der Waals surface area contributed by atoms with Crippen molar-refractivity contribution in [3.8, 4) is 0 Å². The third kappa shape index (κ3) is 6.11. The standard InChI is InChI=1S/C17H14ClF3N2O2/c18-14-9-13(17(19,20)21)10-23-15(14)7-4-8-22-16(24)25-11-12-5-2-1-3-6-12/h1-7,9-10H,8,11H2,(H,22,24). The number of hydrogen-bond acceptors (Lipinski definition) is 3. The maximum atomic E-state index is 12.5. The van der Waals surface area contributed by atoms with E-state index in [0.29, 0.717) is 6.20 Å². The maximum absolute atomic E-state index is 12.5. The van der Waals surface area contributed by atoms with Crippen molar-refractivity contribution < 1.29 is 22.7 Å². The third-order valence-electron chi connectivity index (χ3n) is 3.05. The highest BCUT2D eigenvalue weighted by atomic mass is 35.5. The van der Waals surface area contributed by atoms with Gasteiger partial charge in [-0.3, -0.25) is 4.98 Å². The SMILES string of the molecule is O=C(NCC=Cc1ncc(C(F)(F)F)cc1Cl)OCc1ccccc1. The normalized spacial score (nSPS) is 11.5. The lowest BCUT2D eigenvalue weighted by molar-refractivity contribution is -0.137. The number of carbonyl (C=O) groups excluding carboxylic acids is 1. The lowest BCUT2D eigenvalue weighted by Crippen LogP contribution is -2.24. The highest BCUT2D eigenvalue weighted by Gasteiger charge is 2.31. The van der Waals surface area contributed by atoms with Gasteiger partial charge in [-0.15, -0.1) is 0 Å². The predicted molar refractivity (Wildman–Crippen MR) is 87.9 cm³/mol. The maximum Gasteiger partial charge on any atom is 0.417 e. The molecular weight excluding hydrogens is 357 g/mol. The summed E-state index contributed by atoms with van der Waals surface area (Å²) in [4.78, 5) is 15.2. The van der Waals surface area contributed by atoms with Crippen LogP contribution in [0.2, 0.25) is 5.02 Å². The summed E-state index contributed by atoms with van der Waals surface area (Å²) in [6, 6.07) is 9.97. The van der Waals surface area contributed by atoms with Gasteiger partial charge in [0.2, 0.25) is 0 Å². The summed E-state index contributed by atoms with van der Waals surface area (Å²) in [5, 5.41) is 2.35. The number of amides is 1. The van der Waals surface area contributed by atoms with Gasteiger partial charge in [-0.05, 0) is 17.7 Å². The van der Waals surface area contributed by atoms with Crippen LogP contribution in [0.3, 0.4) is 0 Å². The largest absolute Gasteiger partial charge is 0.445 e. The highest BCUT2D eigenvalue weighted by Crippen LogP contribution is 2.31. The first-order chi connectivity index (χ1) is 11.9. The Morgan fingerprint density at radius 3 is 2.64 bits per heavy atom. The fourth-order valence-corrected chi connectivity index (χ4v) is 2.04. The molecule has 2 rings (SSSR count). The topological polar surface area (TPSA) is 51.2 Å². The van der Waals surface area contributed by atoms with E-state index in [9.17, 15) is 18.0 Å². The fraction of sp³-hybridized carbons (Fsp3) is 0.176. The Bertz CT molecular complexity index is 749. The lowest BCUT2D eigenvalue weighted by Gasteiger charge is -2.07. The summed E-state index contributed by atoms with van der Waals surface area (Å²) in [5.41, 5.74) is 0.111. The first-order valence-electron chi connectivity index (χ1n) is 7.20. The zero-order chi connectivity index (χ0) is 18.3. The number of pyridine rings is 1. The summed E-state index contributed by atoms with van der Waals surface area (Å²) in [6.45, 7) is 0.259. The van der Waals surface area contributed by atoms with Gasteiger partial charge < -0.3 is 10.1 Å². The van der Waals surface area contributed by atoms with E-state index >= 15 is 0 Å². The van der Waals surface area contributed by atoms with Gasteiger partial charge in [-0.1, -0.05) is 48.0 Å². The molecule has 1 heterocycles. The third-order valence-corrected chi connectivity index (χ3v) is 3.35. The molecule has 0 aliphatic heterocycles. The summed E-state index contributed by atoms with van der Waals surface area (Å²) < 4.78 is 42.5. The zero-order valence-corrected chi connectivity index (χ0v) is 13.6. The molecule has 0 spiro atoms. The molecule has 0 radical (unpaired) electrons. The quantitative estimate of drug-likeness (QED) is 0.830. The van der Waals surface area contributed by atoms with Crippen molar-refractivity contribution in [3.05, 3.63) is 70.5 Å². The lowest BCUT2D eigenvalue weighted by atomic mass is 10.2. The van der Waals surface area contributed by atoms with E-state index in [1.807, 2.05) is 30.3 Å². The average molecular weight is 371 g/mol. The molecule has 0 unspecified atom stereocenters. The van der Waals surface area contributed by atoms with Crippen LogP contribution < -0.4 is 5.32 Å². The number of hydrogen-bond donors (Lipinski definition) is 1. The van der Waals surface area contributed by atoms with Crippen LogP contribution >= 0.6 is 11.6 Å². The van der Waals surface area contributed by atoms with Crippen LogP contribution in [-0.2, 0) is 17.5 Å². The van der Waals surface area contributed by atoms with Gasteiger partial charge in [0.15, 0.2) is 0 Å². The Morgan fingerprint density at radius 1 is 1.28 bits per heavy atom. The van der Waals surface area contributed by atoms with Gasteiger partial charge in [-0.2, -0.15) is 13.2 Å². The molecule has 0 saturated carbocycles. The van der Waals surface area contributed by atoms with E-state index in [0.717, 1.165) is 11.6 Å². The van der Waals surface area contributed by atoms with Gasteiger partial charge in [0, 0.05) is 12.7 Å². The molecule has 1 aromatic carbocycles. The second-order valence-corrected chi connectivity index (χ2v) is 5.34. The molecule has 1 aromatic heterocycles. The van der Waals surface area contributed by atoms with Crippen molar-refractivity contribution in [2.24, 2.45) is 0 Å². The molecular formula is C17H14ClF3N2O2. The molecule has 1 N–H and O–H groups in total. The smallest absolute Gasteiger partial charge is 0.417 e. The monoisotopic (exact) mass is 370 g/mol. The van der Waals surface area contributed by atoms with Gasteiger partial charge >= 0.3 is 12.3 Å². The molecule has 2 aromatic rings. The number of alkyl carbamates (subject to hydrolysis) is 1. The highest BCUT2D eigenvalue weighted by molar-refractivity contribution is 6.31. The molecule has 0 bridgehead atoms. The van der Waals surface area contributed by atoms with Gasteiger partial charge in [0.1, 0.15) is 6.61 Å². The second-order valence-electron chi connectivity index (χ2n) is 4.93. The minimum absolute atomic E-state index is 0.118. The van der Waals surface area contributed by atoms with Crippen molar-refractivity contribution in [1.29, 1.82) is 0 Å². The van der Waals surface area contributed by atoms with E-state index in [1.165, 1.54) is 12.2 Å². The summed E-state index contributed by atoms with van der Waals surface area (Å²) >= 11 is 5.77. The first kappa shape index (κ1) is 18.8. The minimum atomic E-state index is -4.50. The van der Waals surface area contributed by atoms with E-state index in [2.05, 4.69) is 10.3 Å². The molecule has 0 aliphatic carbocycles. The first-order valence-corrected chi connectivity index (χ1v) is 7.58. The Labute approximate surface area is 147 Å². The fourth-order valence-electron chi connectivity index (χ4n) is 1.81. The van der Waals surface area contributed by atoms with E-state index in [4.69, 9.17) is 16.3 Å². The van der Waals surface area contributed by atoms with Crippen molar-refractivity contribution in [2.75, 3.05) is 6.54 Å². The summed E-state index contributed by atoms with van der Waals surface area (Å²) in [5.74, 6) is 0. The van der Waals surface area contributed by atoms with Crippen LogP contribution in [0.5, 0.6) is 0 Å². The van der Waals surface area contributed by atoms with E-state index in [-0.39, 0.29) is 23.9 Å². The van der Waals surface area contributed by atoms with Crippen LogP contribution in [0.15, 0.2) is 48.7 Å². The number of aromatic nitrogens is 1. The van der Waals surface area contributed by atoms with Crippen molar-refractivity contribution in [3.63, 3.8) is 0 Å². The van der Waals surface area contributed by atoms with Crippen LogP contribution in [0.25, 0.3) is 6.08 Å².